The Morgan fingerprint density at radius 2 is 2.00 bits per heavy atom. The number of nitrogens with one attached hydrogen (secondary N) is 1. The highest BCUT2D eigenvalue weighted by Crippen LogP contribution is 2.35. The largest absolute Gasteiger partial charge is 0.744 e. The number of benzene rings is 1. The number of methoxy groups -OCH3 is 1. The molecule has 8 heteroatoms. The highest BCUT2D eigenvalue weighted by Gasteiger charge is 2.23. The lowest BCUT2D eigenvalue weighted by Gasteiger charge is -2.27. The van der Waals surface area contributed by atoms with E-state index in [4.69, 9.17) is 15.3 Å². The van der Waals surface area contributed by atoms with Gasteiger partial charge in [0.2, 0.25) is 0 Å². The molecule has 7 nitrogen and oxygen atoms in total. The summed E-state index contributed by atoms with van der Waals surface area (Å²) < 4.78 is 39.4. The summed E-state index contributed by atoms with van der Waals surface area (Å²) >= 11 is 0. The third kappa shape index (κ3) is 3.83. The van der Waals surface area contributed by atoms with Gasteiger partial charge in [0.1, 0.15) is 27.6 Å². The molecule has 0 unspecified atom stereocenters. The summed E-state index contributed by atoms with van der Waals surface area (Å²) in [7, 11) is 2.02. The molecule has 0 saturated heterocycles. The van der Waals surface area contributed by atoms with Crippen molar-refractivity contribution in [1.82, 2.24) is 4.48 Å². The van der Waals surface area contributed by atoms with E-state index in [1.54, 1.807) is 6.07 Å². The van der Waals surface area contributed by atoms with Crippen molar-refractivity contribution in [2.45, 2.75) is 4.90 Å². The molecule has 0 radical (unpaired) electrons. The number of hydrogen-bond acceptors (Lipinski definition) is 5. The van der Waals surface area contributed by atoms with Crippen LogP contribution in [-0.4, -0.2) is 41.2 Å². The highest BCUT2D eigenvalue weighted by atomic mass is 32.2. The van der Waals surface area contributed by atoms with Crippen molar-refractivity contribution in [1.29, 1.82) is 5.26 Å². The van der Waals surface area contributed by atoms with Crippen molar-refractivity contribution in [3.05, 3.63) is 23.3 Å². The van der Waals surface area contributed by atoms with Gasteiger partial charge in [-0.15, -0.1) is 0 Å². The molecule has 1 N–H and O–H groups in total. The van der Waals surface area contributed by atoms with Gasteiger partial charge in [-0.2, -0.15) is 5.26 Å². The Labute approximate surface area is 129 Å². The van der Waals surface area contributed by atoms with Crippen molar-refractivity contribution in [3.8, 4) is 17.9 Å². The van der Waals surface area contributed by atoms with Crippen LogP contribution in [0.25, 0.3) is 6.08 Å². The molecule has 0 aliphatic rings. The fourth-order valence-corrected chi connectivity index (χ4v) is 2.53. The Kier molecular flexibility index (Phi) is 4.94. The molecular formula is C14H16N3O4S+. The van der Waals surface area contributed by atoms with E-state index in [9.17, 15) is 13.0 Å². The maximum atomic E-state index is 11.4. The predicted molar refractivity (Wildman–Crippen MR) is 79.0 cm³/mol. The third-order valence-electron chi connectivity index (χ3n) is 2.86. The van der Waals surface area contributed by atoms with E-state index < -0.39 is 15.0 Å². The summed E-state index contributed by atoms with van der Waals surface area (Å²) in [5.41, 5.74) is 0.861. The van der Waals surface area contributed by atoms with Gasteiger partial charge in [-0.1, -0.05) is 5.26 Å². The van der Waals surface area contributed by atoms with Crippen LogP contribution in [-0.2, 0) is 10.1 Å². The SMILES string of the molecule is COc1cc([N+](C)(C)C)c(C=C(C#N)C#[NH+])cc1S(=O)(=O)[O-]. The Morgan fingerprint density at radius 1 is 1.41 bits per heavy atom. The number of ether oxygens (including phenoxy) is 1. The normalized spacial score (nSPS) is 12.4. The van der Waals surface area contributed by atoms with Crippen LogP contribution in [0.2, 0.25) is 0 Å². The van der Waals surface area contributed by atoms with Crippen LogP contribution in [0.1, 0.15) is 5.56 Å². The molecule has 0 heterocycles. The molecule has 1 aromatic rings. The molecule has 22 heavy (non-hydrogen) atoms. The monoisotopic (exact) mass is 322 g/mol. The molecule has 1 aromatic carbocycles. The molecule has 0 atom stereocenters. The first-order chi connectivity index (χ1) is 10.0. The minimum atomic E-state index is -4.74. The van der Waals surface area contributed by atoms with Crippen molar-refractivity contribution < 1.29 is 23.0 Å². The second kappa shape index (κ2) is 6.16. The zero-order chi connectivity index (χ0) is 17.1. The van der Waals surface area contributed by atoms with Crippen LogP contribution in [0.15, 0.2) is 22.6 Å². The number of nitriles is 1. The Morgan fingerprint density at radius 3 is 2.36 bits per heavy atom. The van der Waals surface area contributed by atoms with Crippen molar-refractivity contribution in [2.24, 2.45) is 0 Å². The van der Waals surface area contributed by atoms with Crippen LogP contribution >= 0.6 is 0 Å². The standard InChI is InChI=1S/C14H15N3O4S/c1-17(2,3)12-7-13(21-4)14(22(18,19)20)6-11(12)5-10(8-15)9-16/h5-7H,1-4H3/p+1. The quantitative estimate of drug-likeness (QED) is 0.455. The Bertz CT molecular complexity index is 790. The average Bonchev–Trinajstić information content (AvgIpc) is 2.41. The molecule has 1 rings (SSSR count). The molecule has 0 aliphatic heterocycles. The van der Waals surface area contributed by atoms with Crippen LogP contribution < -0.4 is 14.5 Å². The predicted octanol–water partition coefficient (Wildman–Crippen LogP) is -0.524. The molecule has 0 spiro atoms. The summed E-state index contributed by atoms with van der Waals surface area (Å²) in [4.78, 5) is -0.513. The van der Waals surface area contributed by atoms with Gasteiger partial charge in [0.15, 0.2) is 5.57 Å². The van der Waals surface area contributed by atoms with E-state index in [-0.39, 0.29) is 15.8 Å². The number of rotatable bonds is 4. The summed E-state index contributed by atoms with van der Waals surface area (Å²) in [6, 6.07) is 6.30. The van der Waals surface area contributed by atoms with Crippen molar-refractivity contribution in [3.63, 3.8) is 0 Å². The average molecular weight is 322 g/mol. The van der Waals surface area contributed by atoms with E-state index in [0.717, 1.165) is 6.07 Å². The summed E-state index contributed by atoms with van der Waals surface area (Å²) in [6.45, 7) is 0. The van der Waals surface area contributed by atoms with Gasteiger partial charge in [0.05, 0.1) is 33.1 Å². The van der Waals surface area contributed by atoms with Crippen molar-refractivity contribution in [2.75, 3.05) is 28.3 Å². The lowest BCUT2D eigenvalue weighted by atomic mass is 10.1. The number of hydrogen-bond donors (Lipinski definition) is 1. The Hall–Kier alpha value is -2.39. The first-order valence-electron chi connectivity index (χ1n) is 6.09. The van der Waals surface area contributed by atoms with Crippen LogP contribution in [0, 0.1) is 17.4 Å². The maximum Gasteiger partial charge on any atom is 0.319 e. The lowest BCUT2D eigenvalue weighted by molar-refractivity contribution is -0.0908. The van der Waals surface area contributed by atoms with Gasteiger partial charge in [0, 0.05) is 11.6 Å². The molecule has 0 aromatic heterocycles. The second-order valence-electron chi connectivity index (χ2n) is 5.32. The molecular weight excluding hydrogens is 306 g/mol. The topological polar surface area (TPSA) is 114 Å². The van der Waals surface area contributed by atoms with Gasteiger partial charge in [-0.05, 0) is 12.1 Å². The highest BCUT2D eigenvalue weighted by molar-refractivity contribution is 7.85. The van der Waals surface area contributed by atoms with Crippen LogP contribution in [0.3, 0.4) is 0 Å². The molecule has 0 bridgehead atoms. The lowest BCUT2D eigenvalue weighted by Crippen LogP contribution is -2.35. The minimum absolute atomic E-state index is 0.0625. The smallest absolute Gasteiger partial charge is 0.319 e. The number of quaternary nitrogens is 1. The second-order valence-corrected chi connectivity index (χ2v) is 6.67. The number of nitrogens with zero attached hydrogens (tertiary/aromatic N) is 2. The van der Waals surface area contributed by atoms with E-state index in [1.807, 2.05) is 27.2 Å². The van der Waals surface area contributed by atoms with Crippen LogP contribution in [0.4, 0.5) is 5.69 Å². The first kappa shape index (κ1) is 17.7. The molecule has 0 aliphatic carbocycles. The van der Waals surface area contributed by atoms with Gasteiger partial charge in [0.25, 0.3) is 0 Å². The fraction of sp³-hybridized carbons (Fsp3) is 0.286. The summed E-state index contributed by atoms with van der Waals surface area (Å²) in [5, 5.41) is 15.9. The number of allylic oxidation sites excluding steroid dienone is 1. The maximum absolute atomic E-state index is 11.4. The molecule has 0 amide bonds. The third-order valence-corrected chi connectivity index (χ3v) is 3.72. The zero-order valence-corrected chi connectivity index (χ0v) is 13.5. The van der Waals surface area contributed by atoms with Crippen molar-refractivity contribution >= 4 is 21.9 Å². The summed E-state index contributed by atoms with van der Waals surface area (Å²) in [5.74, 6) is -0.0625. The van der Waals surface area contributed by atoms with E-state index in [1.165, 1.54) is 19.3 Å². The minimum Gasteiger partial charge on any atom is -0.744 e. The zero-order valence-electron chi connectivity index (χ0n) is 12.7. The fourth-order valence-electron chi connectivity index (χ4n) is 1.87. The molecule has 116 valence electrons. The molecule has 0 fully saturated rings. The van der Waals surface area contributed by atoms with Gasteiger partial charge in [-0.3, -0.25) is 4.48 Å². The van der Waals surface area contributed by atoms with Crippen LogP contribution in [0.5, 0.6) is 5.75 Å². The van der Waals surface area contributed by atoms with Gasteiger partial charge in [-0.25, -0.2) is 8.42 Å². The summed E-state index contributed by atoms with van der Waals surface area (Å²) in [6.07, 6.45) is 1.31. The van der Waals surface area contributed by atoms with E-state index in [2.05, 4.69) is 0 Å². The van der Waals surface area contributed by atoms with E-state index >= 15 is 0 Å². The molecule has 0 saturated carbocycles. The van der Waals surface area contributed by atoms with Gasteiger partial charge >= 0.3 is 6.07 Å². The Balaban J connectivity index is 3.85. The van der Waals surface area contributed by atoms with Gasteiger partial charge < -0.3 is 9.29 Å². The van der Waals surface area contributed by atoms with E-state index in [0.29, 0.717) is 11.3 Å². The first-order valence-corrected chi connectivity index (χ1v) is 7.50.